The van der Waals surface area contributed by atoms with E-state index in [1.807, 2.05) is 6.07 Å². The highest BCUT2D eigenvalue weighted by Crippen LogP contribution is 2.13. The summed E-state index contributed by atoms with van der Waals surface area (Å²) < 4.78 is 15.4. The van der Waals surface area contributed by atoms with Gasteiger partial charge in [0.1, 0.15) is 5.82 Å². The number of nitriles is 1. The molecule has 1 amide bonds. The van der Waals surface area contributed by atoms with Gasteiger partial charge in [0.25, 0.3) is 5.91 Å². The second-order valence-electron chi connectivity index (χ2n) is 4.77. The fourth-order valence-corrected chi connectivity index (χ4v) is 2.13. The fourth-order valence-electron chi connectivity index (χ4n) is 2.13. The molecule has 0 saturated heterocycles. The minimum Gasteiger partial charge on any atom is -0.348 e. The number of carbonyl (C=O) groups excluding carboxylic acids is 1. The number of aromatic nitrogens is 2. The molecule has 6 heteroatoms. The van der Waals surface area contributed by atoms with Crippen LogP contribution in [0.5, 0.6) is 0 Å². The molecule has 2 aromatic rings. The number of hydrogen-bond acceptors (Lipinski definition) is 3. The summed E-state index contributed by atoms with van der Waals surface area (Å²) >= 11 is 0. The van der Waals surface area contributed by atoms with Crippen molar-refractivity contribution in [3.63, 3.8) is 0 Å². The molecule has 0 fully saturated rings. The number of carbonyl (C=O) groups is 1. The predicted octanol–water partition coefficient (Wildman–Crippen LogP) is 1.98. The van der Waals surface area contributed by atoms with Gasteiger partial charge in [0.05, 0.1) is 22.9 Å². The maximum Gasteiger partial charge on any atom is 0.255 e. The van der Waals surface area contributed by atoms with Gasteiger partial charge in [0.15, 0.2) is 0 Å². The number of nitrogens with one attached hydrogen (secondary N) is 1. The van der Waals surface area contributed by atoms with Crippen molar-refractivity contribution >= 4 is 5.91 Å². The van der Waals surface area contributed by atoms with Gasteiger partial charge in [-0.05, 0) is 26.0 Å². The number of halogens is 1. The molecule has 108 valence electrons. The van der Waals surface area contributed by atoms with Crippen molar-refractivity contribution in [3.05, 3.63) is 52.1 Å². The van der Waals surface area contributed by atoms with Crippen LogP contribution in [0.4, 0.5) is 4.39 Å². The van der Waals surface area contributed by atoms with Crippen LogP contribution >= 0.6 is 0 Å². The predicted molar refractivity (Wildman–Crippen MR) is 75.0 cm³/mol. The molecule has 1 aromatic heterocycles. The summed E-state index contributed by atoms with van der Waals surface area (Å²) in [6.07, 6.45) is 0. The largest absolute Gasteiger partial charge is 0.348 e. The first kappa shape index (κ1) is 14.7. The third kappa shape index (κ3) is 2.92. The standard InChI is InChI=1S/C15H15FN4O/c1-9-14(10(2)20(3)19-9)15(21)18-8-12-5-4-11(7-17)6-13(12)16/h4-6H,8H2,1-3H3,(H,18,21). The lowest BCUT2D eigenvalue weighted by Gasteiger charge is -2.07. The molecule has 0 saturated carbocycles. The van der Waals surface area contributed by atoms with Crippen molar-refractivity contribution in [2.45, 2.75) is 20.4 Å². The quantitative estimate of drug-likeness (QED) is 0.937. The van der Waals surface area contributed by atoms with Gasteiger partial charge in [0, 0.05) is 24.8 Å². The summed E-state index contributed by atoms with van der Waals surface area (Å²) in [5, 5.41) is 15.5. The van der Waals surface area contributed by atoms with E-state index in [1.165, 1.54) is 12.1 Å². The molecule has 21 heavy (non-hydrogen) atoms. The minimum absolute atomic E-state index is 0.0597. The van der Waals surface area contributed by atoms with Crippen LogP contribution in [0.1, 0.15) is 32.9 Å². The molecule has 2 rings (SSSR count). The molecular weight excluding hydrogens is 271 g/mol. The van der Waals surface area contributed by atoms with Crippen LogP contribution < -0.4 is 5.32 Å². The second kappa shape index (κ2) is 5.75. The van der Waals surface area contributed by atoms with Crippen molar-refractivity contribution in [1.29, 1.82) is 5.26 Å². The molecule has 0 aliphatic rings. The number of nitrogens with zero attached hydrogens (tertiary/aromatic N) is 3. The zero-order valence-corrected chi connectivity index (χ0v) is 12.1. The Morgan fingerprint density at radius 3 is 2.71 bits per heavy atom. The van der Waals surface area contributed by atoms with Gasteiger partial charge in [-0.3, -0.25) is 9.48 Å². The molecule has 1 heterocycles. The fraction of sp³-hybridized carbons (Fsp3) is 0.267. The smallest absolute Gasteiger partial charge is 0.255 e. The molecule has 0 radical (unpaired) electrons. The first-order chi connectivity index (χ1) is 9.93. The van der Waals surface area contributed by atoms with Crippen LogP contribution in [0, 0.1) is 31.0 Å². The second-order valence-corrected chi connectivity index (χ2v) is 4.77. The van der Waals surface area contributed by atoms with Gasteiger partial charge in [-0.2, -0.15) is 10.4 Å². The van der Waals surface area contributed by atoms with E-state index in [0.717, 1.165) is 11.8 Å². The van der Waals surface area contributed by atoms with Crippen LogP contribution in [0.2, 0.25) is 0 Å². The molecule has 0 aliphatic carbocycles. The summed E-state index contributed by atoms with van der Waals surface area (Å²) in [5.41, 5.74) is 2.48. The van der Waals surface area contributed by atoms with Crippen LogP contribution in [0.3, 0.4) is 0 Å². The molecule has 0 spiro atoms. The summed E-state index contributed by atoms with van der Waals surface area (Å²) in [5.74, 6) is -0.796. The number of aryl methyl sites for hydroxylation is 2. The van der Waals surface area contributed by atoms with Crippen molar-refractivity contribution in [3.8, 4) is 6.07 Å². The molecule has 1 aromatic carbocycles. The summed E-state index contributed by atoms with van der Waals surface area (Å²) in [7, 11) is 1.76. The number of hydrogen-bond donors (Lipinski definition) is 1. The van der Waals surface area contributed by atoms with E-state index in [2.05, 4.69) is 10.4 Å². The van der Waals surface area contributed by atoms with Gasteiger partial charge < -0.3 is 5.32 Å². The van der Waals surface area contributed by atoms with Crippen molar-refractivity contribution in [2.75, 3.05) is 0 Å². The summed E-state index contributed by atoms with van der Waals surface area (Å²) in [6.45, 7) is 3.62. The zero-order valence-electron chi connectivity index (χ0n) is 12.1. The summed E-state index contributed by atoms with van der Waals surface area (Å²) in [6, 6.07) is 6.04. The van der Waals surface area contributed by atoms with Gasteiger partial charge >= 0.3 is 0 Å². The Kier molecular flexibility index (Phi) is 4.03. The van der Waals surface area contributed by atoms with Crippen molar-refractivity contribution in [1.82, 2.24) is 15.1 Å². The molecule has 0 aliphatic heterocycles. The maximum absolute atomic E-state index is 13.7. The highest BCUT2D eigenvalue weighted by molar-refractivity contribution is 5.96. The van der Waals surface area contributed by atoms with E-state index in [1.54, 1.807) is 25.6 Å². The van der Waals surface area contributed by atoms with Crippen molar-refractivity contribution < 1.29 is 9.18 Å². The number of benzene rings is 1. The Balaban J connectivity index is 2.13. The Hall–Kier alpha value is -2.68. The minimum atomic E-state index is -0.506. The topological polar surface area (TPSA) is 70.7 Å². The molecule has 0 bridgehead atoms. The van der Waals surface area contributed by atoms with Crippen LogP contribution in [-0.2, 0) is 13.6 Å². The van der Waals surface area contributed by atoms with E-state index in [-0.39, 0.29) is 18.0 Å². The first-order valence-electron chi connectivity index (χ1n) is 6.41. The Labute approximate surface area is 122 Å². The number of rotatable bonds is 3. The molecule has 0 atom stereocenters. The van der Waals surface area contributed by atoms with Gasteiger partial charge in [-0.15, -0.1) is 0 Å². The lowest BCUT2D eigenvalue weighted by Crippen LogP contribution is -2.24. The van der Waals surface area contributed by atoms with Crippen LogP contribution in [0.25, 0.3) is 0 Å². The van der Waals surface area contributed by atoms with E-state index >= 15 is 0 Å². The molecular formula is C15H15FN4O. The van der Waals surface area contributed by atoms with Gasteiger partial charge in [0.2, 0.25) is 0 Å². The van der Waals surface area contributed by atoms with Crippen molar-refractivity contribution in [2.24, 2.45) is 7.05 Å². The lowest BCUT2D eigenvalue weighted by molar-refractivity contribution is 0.0949. The highest BCUT2D eigenvalue weighted by atomic mass is 19.1. The normalized spacial score (nSPS) is 10.2. The third-order valence-electron chi connectivity index (χ3n) is 3.36. The number of amides is 1. The zero-order chi connectivity index (χ0) is 15.6. The first-order valence-corrected chi connectivity index (χ1v) is 6.41. The van der Waals surface area contributed by atoms with Crippen LogP contribution in [-0.4, -0.2) is 15.7 Å². The summed E-state index contributed by atoms with van der Waals surface area (Å²) in [4.78, 5) is 12.2. The van der Waals surface area contributed by atoms with E-state index in [4.69, 9.17) is 5.26 Å². The SMILES string of the molecule is Cc1nn(C)c(C)c1C(=O)NCc1ccc(C#N)cc1F. The average Bonchev–Trinajstić information content (AvgIpc) is 2.70. The van der Waals surface area contributed by atoms with E-state index in [9.17, 15) is 9.18 Å². The van der Waals surface area contributed by atoms with Gasteiger partial charge in [-0.1, -0.05) is 6.07 Å². The highest BCUT2D eigenvalue weighted by Gasteiger charge is 2.17. The molecule has 5 nitrogen and oxygen atoms in total. The van der Waals surface area contributed by atoms with E-state index in [0.29, 0.717) is 16.8 Å². The van der Waals surface area contributed by atoms with E-state index < -0.39 is 5.82 Å². The third-order valence-corrected chi connectivity index (χ3v) is 3.36. The Morgan fingerprint density at radius 1 is 1.48 bits per heavy atom. The maximum atomic E-state index is 13.7. The molecule has 0 unspecified atom stereocenters. The van der Waals surface area contributed by atoms with Gasteiger partial charge in [-0.25, -0.2) is 4.39 Å². The monoisotopic (exact) mass is 286 g/mol. The van der Waals surface area contributed by atoms with Crippen LogP contribution in [0.15, 0.2) is 18.2 Å². The Bertz CT molecular complexity index is 743. The molecule has 1 N–H and O–H groups in total. The Morgan fingerprint density at radius 2 is 2.19 bits per heavy atom. The lowest BCUT2D eigenvalue weighted by atomic mass is 10.1. The average molecular weight is 286 g/mol.